The topological polar surface area (TPSA) is 0 Å². The van der Waals surface area contributed by atoms with Gasteiger partial charge in [-0.1, -0.05) is 0 Å². The van der Waals surface area contributed by atoms with Gasteiger partial charge < -0.3 is 16.2 Å². The second-order valence-electron chi connectivity index (χ2n) is 1.91. The van der Waals surface area contributed by atoms with Gasteiger partial charge in [0, 0.05) is 0 Å². The van der Waals surface area contributed by atoms with E-state index in [1.807, 2.05) is 0 Å². The molecular formula is C5H3F9Os. The van der Waals surface area contributed by atoms with Crippen molar-refractivity contribution in [1.82, 2.24) is 0 Å². The molecule has 0 amide bonds. The van der Waals surface area contributed by atoms with E-state index in [4.69, 9.17) is 0 Å². The number of alkyl halides is 7. The zero-order chi connectivity index (χ0) is 11.1. The van der Waals surface area contributed by atoms with Crippen LogP contribution >= 0.6 is 0 Å². The van der Waals surface area contributed by atoms with Gasteiger partial charge in [0.05, 0.1) is 6.43 Å². The Balaban J connectivity index is -0.000000720. The Labute approximate surface area is 91.9 Å². The van der Waals surface area contributed by atoms with Crippen LogP contribution in [0.25, 0.3) is 0 Å². The van der Waals surface area contributed by atoms with E-state index in [9.17, 15) is 39.5 Å². The maximum Gasteiger partial charge on any atom is 2.00 e. The molecule has 0 radical (unpaired) electrons. The van der Waals surface area contributed by atoms with Gasteiger partial charge in [-0.05, 0) is 0 Å². The van der Waals surface area contributed by atoms with Gasteiger partial charge in [-0.25, -0.2) is 8.78 Å². The first-order valence-electron chi connectivity index (χ1n) is 2.45. The Kier molecular flexibility index (Phi) is 7.31. The molecule has 0 saturated heterocycles. The van der Waals surface area contributed by atoms with Crippen LogP contribution < -0.4 is 0 Å². The molecular weight excluding hydrogens is 421 g/mol. The fourth-order valence-electron chi connectivity index (χ4n) is 0.297. The maximum absolute atomic E-state index is 11.6. The first-order valence-corrected chi connectivity index (χ1v) is 2.45. The molecule has 0 atom stereocenters. The molecule has 0 heterocycles. The first-order chi connectivity index (χ1) is 5.44. The van der Waals surface area contributed by atoms with E-state index >= 15 is 0 Å². The largest absolute Gasteiger partial charge is 2.00 e. The molecule has 0 saturated carbocycles. The van der Waals surface area contributed by atoms with Crippen LogP contribution in [0.3, 0.4) is 0 Å². The normalized spacial score (nSPS) is 13.2. The number of hydrogen-bond acceptors (Lipinski definition) is 0. The number of rotatable bonds is 2. The zero-order valence-electron chi connectivity index (χ0n) is 6.76. The predicted octanol–water partition coefficient (Wildman–Crippen LogP) is 3.70. The molecule has 94 valence electrons. The molecule has 15 heavy (non-hydrogen) atoms. The van der Waals surface area contributed by atoms with Gasteiger partial charge in [0.2, 0.25) is 0 Å². The maximum atomic E-state index is 11.6. The van der Waals surface area contributed by atoms with Gasteiger partial charge in [0.15, 0.2) is 0 Å². The quantitative estimate of drug-likeness (QED) is 0.469. The van der Waals surface area contributed by atoms with E-state index in [1.165, 1.54) is 0 Å². The second-order valence-corrected chi connectivity index (χ2v) is 1.91. The molecule has 0 aliphatic rings. The minimum atomic E-state index is -6.77. The molecule has 0 fully saturated rings. The minimum Gasteiger partial charge on any atom is -0.415 e. The van der Waals surface area contributed by atoms with Crippen molar-refractivity contribution in [2.24, 2.45) is 0 Å². The monoisotopic (exact) mass is 426 g/mol. The number of halogens is 9. The van der Waals surface area contributed by atoms with E-state index in [2.05, 4.69) is 0 Å². The van der Waals surface area contributed by atoms with E-state index in [-0.39, 0.29) is 27.2 Å². The Bertz CT molecular complexity index is 183. The van der Waals surface area contributed by atoms with E-state index in [0.29, 0.717) is 0 Å². The molecule has 0 unspecified atom stereocenters. The van der Waals surface area contributed by atoms with Crippen molar-refractivity contribution in [2.75, 3.05) is 0 Å². The van der Waals surface area contributed by atoms with Crippen LogP contribution in [0.1, 0.15) is 0 Å². The fourth-order valence-corrected chi connectivity index (χ4v) is 0.297. The van der Waals surface area contributed by atoms with Gasteiger partial charge in [0.25, 0.3) is 5.92 Å². The Morgan fingerprint density at radius 2 is 1.00 bits per heavy atom. The molecule has 0 aliphatic heterocycles. The van der Waals surface area contributed by atoms with Gasteiger partial charge in [-0.3, -0.25) is 0 Å². The summed E-state index contributed by atoms with van der Waals surface area (Å²) in [6.45, 7) is 0. The SMILES string of the molecule is F[C-](F)C(F)(F)C(F)(F)C(F)(F)F.[CH3-].[Os+2]. The van der Waals surface area contributed by atoms with Crippen molar-refractivity contribution in [1.29, 1.82) is 0 Å². The summed E-state index contributed by atoms with van der Waals surface area (Å²) in [5, 5.41) is 0. The molecule has 0 aromatic carbocycles. The van der Waals surface area contributed by atoms with Gasteiger partial charge in [0.1, 0.15) is 0 Å². The van der Waals surface area contributed by atoms with Crippen molar-refractivity contribution < 1.29 is 59.3 Å². The van der Waals surface area contributed by atoms with Crippen LogP contribution in [0.5, 0.6) is 0 Å². The Hall–Kier alpha value is 0.00636. The fraction of sp³-hybridized carbons (Fsp3) is 0.600. The van der Waals surface area contributed by atoms with Crippen LogP contribution in [0.15, 0.2) is 0 Å². The standard InChI is InChI=1S/C4F9.CH3.Os/c5-1(6)2(7,8)3(9,10)4(11,12)13;;/h;1H3;/q2*-1;+2. The molecule has 0 bridgehead atoms. The summed E-state index contributed by atoms with van der Waals surface area (Å²) in [7, 11) is 0. The molecule has 0 aromatic heterocycles. The van der Waals surface area contributed by atoms with Crippen molar-refractivity contribution >= 4 is 0 Å². The molecule has 0 aliphatic carbocycles. The summed E-state index contributed by atoms with van der Waals surface area (Å²) in [6.07, 6.45) is -11.0. The average molecular weight is 424 g/mol. The molecule has 0 aromatic rings. The molecule has 0 rings (SSSR count). The van der Waals surface area contributed by atoms with Crippen LogP contribution in [-0.2, 0) is 19.8 Å². The average Bonchev–Trinajstić information content (AvgIpc) is 1.84. The first kappa shape index (κ1) is 20.4. The summed E-state index contributed by atoms with van der Waals surface area (Å²) < 4.78 is 102. The third kappa shape index (κ3) is 3.50. The van der Waals surface area contributed by atoms with Crippen molar-refractivity contribution in [3.63, 3.8) is 0 Å². The van der Waals surface area contributed by atoms with Crippen LogP contribution in [0.2, 0.25) is 0 Å². The van der Waals surface area contributed by atoms with Gasteiger partial charge in [-0.2, -0.15) is 22.0 Å². The van der Waals surface area contributed by atoms with E-state index in [1.54, 1.807) is 0 Å². The van der Waals surface area contributed by atoms with E-state index in [0.717, 1.165) is 0 Å². The molecule has 0 N–H and O–H groups in total. The zero-order valence-corrected chi connectivity index (χ0v) is 9.30. The molecule has 0 spiro atoms. The minimum absolute atomic E-state index is 0. The number of hydrogen-bond donors (Lipinski definition) is 0. The molecule has 10 heteroatoms. The summed E-state index contributed by atoms with van der Waals surface area (Å²) in [6, 6.07) is 0. The van der Waals surface area contributed by atoms with Crippen molar-refractivity contribution in [2.45, 2.75) is 18.0 Å². The van der Waals surface area contributed by atoms with Gasteiger partial charge >= 0.3 is 31.9 Å². The smallest absolute Gasteiger partial charge is 0.415 e. The van der Waals surface area contributed by atoms with Crippen molar-refractivity contribution in [3.05, 3.63) is 13.9 Å². The Morgan fingerprint density at radius 3 is 1.07 bits per heavy atom. The Morgan fingerprint density at radius 1 is 0.733 bits per heavy atom. The summed E-state index contributed by atoms with van der Waals surface area (Å²) in [5.41, 5.74) is 0. The summed E-state index contributed by atoms with van der Waals surface area (Å²) in [5.74, 6) is -13.3. The second kappa shape index (κ2) is 5.37. The summed E-state index contributed by atoms with van der Waals surface area (Å²) >= 11 is 0. The van der Waals surface area contributed by atoms with E-state index < -0.39 is 24.4 Å². The van der Waals surface area contributed by atoms with Crippen LogP contribution in [0, 0.1) is 13.9 Å². The summed E-state index contributed by atoms with van der Waals surface area (Å²) in [4.78, 5) is 0. The predicted molar refractivity (Wildman–Crippen MR) is 27.8 cm³/mol. The van der Waals surface area contributed by atoms with Gasteiger partial charge in [-0.15, -0.1) is 0 Å². The third-order valence-electron chi connectivity index (χ3n) is 0.988. The molecule has 0 nitrogen and oxygen atoms in total. The van der Waals surface area contributed by atoms with Crippen LogP contribution in [0.4, 0.5) is 39.5 Å². The third-order valence-corrected chi connectivity index (χ3v) is 0.988. The van der Waals surface area contributed by atoms with Crippen molar-refractivity contribution in [3.8, 4) is 0 Å². The van der Waals surface area contributed by atoms with Crippen LogP contribution in [-0.4, -0.2) is 18.0 Å².